The molecule has 0 spiro atoms. The minimum atomic E-state index is -4.66. The number of nitrogens with zero attached hydrogens (tertiary/aromatic N) is 4. The fourth-order valence-electron chi connectivity index (χ4n) is 6.58. The van der Waals surface area contributed by atoms with E-state index in [-0.39, 0.29) is 18.3 Å². The quantitative estimate of drug-likeness (QED) is 0.0801. The molecule has 57 heavy (non-hydrogen) atoms. The minimum Gasteiger partial charge on any atom is -0.494 e. The Morgan fingerprint density at radius 1 is 0.947 bits per heavy atom. The smallest absolute Gasteiger partial charge is 0.434 e. The van der Waals surface area contributed by atoms with Crippen LogP contribution in [-0.4, -0.2) is 119 Å². The molecule has 0 unspecified atom stereocenters. The van der Waals surface area contributed by atoms with E-state index in [1.165, 1.54) is 5.56 Å². The molecule has 0 aliphatic carbocycles. The Kier molecular flexibility index (Phi) is 14.9. The Balaban J connectivity index is 0.849. The molecule has 1 amide bonds. The van der Waals surface area contributed by atoms with Gasteiger partial charge in [-0.15, -0.1) is 0 Å². The molecule has 17 heteroatoms. The summed E-state index contributed by atoms with van der Waals surface area (Å²) in [5.41, 5.74) is 7.34. The fourth-order valence-corrected chi connectivity index (χ4v) is 7.27. The summed E-state index contributed by atoms with van der Waals surface area (Å²) in [5, 5.41) is 27.2. The summed E-state index contributed by atoms with van der Waals surface area (Å²) in [7, 11) is 0. The Hall–Kier alpha value is -4.11. The number of aliphatic hydroxyl groups excluding tert-OH is 2. The number of hydrogen-bond donors (Lipinski definition) is 5. The van der Waals surface area contributed by atoms with Gasteiger partial charge >= 0.3 is 6.18 Å². The summed E-state index contributed by atoms with van der Waals surface area (Å²) in [6.45, 7) is 5.60. The second kappa shape index (κ2) is 20.0. The highest BCUT2D eigenvalue weighted by molar-refractivity contribution is 14.1. The van der Waals surface area contributed by atoms with Gasteiger partial charge in [-0.25, -0.2) is 4.98 Å². The van der Waals surface area contributed by atoms with E-state index in [1.54, 1.807) is 0 Å². The lowest BCUT2D eigenvalue weighted by Crippen LogP contribution is -2.59. The monoisotopic (exact) mass is 905 g/mol. The number of amides is 1. The van der Waals surface area contributed by atoms with Crippen LogP contribution in [0, 0.1) is 3.57 Å². The second-order valence-corrected chi connectivity index (χ2v) is 15.2. The number of carbonyl (C=O) groups is 1. The predicted octanol–water partition coefficient (Wildman–Crippen LogP) is 4.31. The number of hydrogen-bond acceptors (Lipinski definition) is 12. The van der Waals surface area contributed by atoms with Gasteiger partial charge in [0.1, 0.15) is 35.3 Å². The molecule has 0 saturated carbocycles. The average molecular weight is 906 g/mol. The lowest BCUT2D eigenvalue weighted by molar-refractivity contribution is -0.148. The van der Waals surface area contributed by atoms with Crippen LogP contribution in [0.2, 0.25) is 0 Å². The summed E-state index contributed by atoms with van der Waals surface area (Å²) in [6, 6.07) is 20.2. The molecule has 2 aliphatic heterocycles. The molecule has 1 aromatic heterocycles. The van der Waals surface area contributed by atoms with Crippen molar-refractivity contribution in [3.05, 3.63) is 105 Å². The number of nitrogens with two attached hydrogens (primary N) is 1. The number of ether oxygens (including phenoxy) is 3. The Morgan fingerprint density at radius 2 is 1.65 bits per heavy atom. The number of aromatic nitrogens is 2. The van der Waals surface area contributed by atoms with Crippen LogP contribution in [0.1, 0.15) is 33.6 Å². The molecule has 2 saturated heterocycles. The van der Waals surface area contributed by atoms with Gasteiger partial charge in [0, 0.05) is 51.4 Å². The molecule has 306 valence electrons. The van der Waals surface area contributed by atoms with Crippen LogP contribution in [0.25, 0.3) is 0 Å². The highest BCUT2D eigenvalue weighted by Gasteiger charge is 2.40. The third kappa shape index (κ3) is 12.2. The van der Waals surface area contributed by atoms with Crippen molar-refractivity contribution in [2.75, 3.05) is 64.3 Å². The largest absolute Gasteiger partial charge is 0.494 e. The number of halogens is 4. The summed E-state index contributed by atoms with van der Waals surface area (Å²) >= 11 is 2.26. The predicted molar refractivity (Wildman–Crippen MR) is 215 cm³/mol. The van der Waals surface area contributed by atoms with Gasteiger partial charge in [0.05, 0.1) is 41.3 Å². The second-order valence-electron chi connectivity index (χ2n) is 14.0. The molecular weight excluding hydrogens is 858 g/mol. The molecule has 0 radical (unpaired) electrons. The number of benzene rings is 3. The minimum absolute atomic E-state index is 0.0255. The lowest BCUT2D eigenvalue weighted by Gasteiger charge is -2.42. The summed E-state index contributed by atoms with van der Waals surface area (Å²) in [5.74, 6) is 1.90. The standard InChI is InChI=1S/C40H47F3IN7O6/c41-40(42,43)35-21-46-22-36(49-35)48-32-25-56-34(38(53)37(32)52)24-51-17-15-50(16-18-51)23-27-2-5-28(6-3-27)39(54)47-14-1-19-55-29-7-9-30(10-8-29)57-33-11-4-26(12-13-45)20-31(33)44/h2-11,20-22,32,34,37-38,52-53H,1,12-19,23-25,45H2,(H,47,54)(H,48,49)/t32-,34+,37+,38-/m0/s1. The number of alkyl halides is 3. The van der Waals surface area contributed by atoms with E-state index in [2.05, 4.69) is 59.1 Å². The van der Waals surface area contributed by atoms with Gasteiger partial charge in [-0.3, -0.25) is 19.6 Å². The van der Waals surface area contributed by atoms with E-state index in [9.17, 15) is 28.2 Å². The Labute approximate surface area is 342 Å². The van der Waals surface area contributed by atoms with E-state index in [0.717, 1.165) is 66.0 Å². The summed E-state index contributed by atoms with van der Waals surface area (Å²) in [6.07, 6.45) is -4.64. The van der Waals surface area contributed by atoms with Gasteiger partial charge in [-0.1, -0.05) is 18.2 Å². The number of aliphatic hydroxyl groups is 2. The van der Waals surface area contributed by atoms with Gasteiger partial charge in [-0.2, -0.15) is 13.2 Å². The third-order valence-electron chi connectivity index (χ3n) is 9.77. The van der Waals surface area contributed by atoms with Crippen LogP contribution < -0.4 is 25.8 Å². The molecule has 6 N–H and O–H groups in total. The number of nitrogens with one attached hydrogen (secondary N) is 2. The van der Waals surface area contributed by atoms with E-state index in [1.807, 2.05) is 60.7 Å². The third-order valence-corrected chi connectivity index (χ3v) is 10.6. The number of anilines is 1. The maximum Gasteiger partial charge on any atom is 0.434 e. The van der Waals surface area contributed by atoms with Crippen LogP contribution in [0.4, 0.5) is 19.0 Å². The molecule has 2 aliphatic rings. The van der Waals surface area contributed by atoms with Crippen molar-refractivity contribution >= 4 is 34.3 Å². The van der Waals surface area contributed by atoms with Crippen molar-refractivity contribution in [1.82, 2.24) is 25.1 Å². The first-order chi connectivity index (χ1) is 27.4. The van der Waals surface area contributed by atoms with Crippen LogP contribution in [-0.2, 0) is 23.9 Å². The highest BCUT2D eigenvalue weighted by Crippen LogP contribution is 2.30. The molecule has 4 atom stereocenters. The van der Waals surface area contributed by atoms with Crippen LogP contribution in [0.3, 0.4) is 0 Å². The first kappa shape index (κ1) is 42.5. The van der Waals surface area contributed by atoms with Crippen LogP contribution in [0.5, 0.6) is 17.2 Å². The zero-order chi connectivity index (χ0) is 40.4. The van der Waals surface area contributed by atoms with Gasteiger partial charge < -0.3 is 40.8 Å². The van der Waals surface area contributed by atoms with Gasteiger partial charge in [0.15, 0.2) is 5.69 Å². The molecule has 3 aromatic carbocycles. The zero-order valence-corrected chi connectivity index (χ0v) is 33.4. The van der Waals surface area contributed by atoms with Crippen molar-refractivity contribution in [2.45, 2.75) is 49.9 Å². The summed E-state index contributed by atoms with van der Waals surface area (Å²) < 4.78 is 57.8. The van der Waals surface area contributed by atoms with E-state index in [0.29, 0.717) is 50.2 Å². The molecule has 4 aromatic rings. The Bertz CT molecular complexity index is 1900. The molecule has 6 rings (SSSR count). The topological polar surface area (TPSA) is 168 Å². The SMILES string of the molecule is NCCc1ccc(Oc2ccc(OCCCNC(=O)c3ccc(CN4CCN(C[C@H]5OC[C@H](Nc6cncc(C(F)(F)F)n6)[C@@H](O)[C@H]5O)CC4)cc3)cc2)c(I)c1. The zero-order valence-electron chi connectivity index (χ0n) is 31.2. The van der Waals surface area contributed by atoms with E-state index in [4.69, 9.17) is 19.9 Å². The van der Waals surface area contributed by atoms with Gasteiger partial charge in [-0.05, 0) is 102 Å². The molecule has 3 heterocycles. The average Bonchev–Trinajstić information content (AvgIpc) is 3.20. The molecule has 0 bridgehead atoms. The first-order valence-corrected chi connectivity index (χ1v) is 19.9. The van der Waals surface area contributed by atoms with Crippen LogP contribution in [0.15, 0.2) is 79.1 Å². The maximum absolute atomic E-state index is 13.0. The van der Waals surface area contributed by atoms with Crippen LogP contribution >= 0.6 is 22.6 Å². The fraction of sp³-hybridized carbons (Fsp3) is 0.425. The van der Waals surface area contributed by atoms with Gasteiger partial charge in [0.25, 0.3) is 5.91 Å². The van der Waals surface area contributed by atoms with E-state index >= 15 is 0 Å². The van der Waals surface area contributed by atoms with Crippen molar-refractivity contribution in [3.63, 3.8) is 0 Å². The lowest BCUT2D eigenvalue weighted by atomic mass is 9.97. The Morgan fingerprint density at radius 3 is 2.35 bits per heavy atom. The van der Waals surface area contributed by atoms with E-state index < -0.39 is 36.2 Å². The van der Waals surface area contributed by atoms with Crippen molar-refractivity contribution < 1.29 is 42.4 Å². The molecular formula is C40H47F3IN7O6. The number of carbonyl (C=O) groups excluding carboxylic acids is 1. The summed E-state index contributed by atoms with van der Waals surface area (Å²) in [4.78, 5) is 24.3. The maximum atomic E-state index is 13.0. The number of rotatable bonds is 16. The molecule has 13 nitrogen and oxygen atoms in total. The highest BCUT2D eigenvalue weighted by atomic mass is 127. The van der Waals surface area contributed by atoms with Crippen molar-refractivity contribution in [3.8, 4) is 17.2 Å². The number of piperazine rings is 1. The first-order valence-electron chi connectivity index (χ1n) is 18.8. The van der Waals surface area contributed by atoms with Crippen molar-refractivity contribution in [2.24, 2.45) is 5.73 Å². The normalized spacial score (nSPS) is 20.5. The van der Waals surface area contributed by atoms with Crippen molar-refractivity contribution in [1.29, 1.82) is 0 Å². The van der Waals surface area contributed by atoms with Gasteiger partial charge in [0.2, 0.25) is 0 Å². The molecule has 2 fully saturated rings.